The van der Waals surface area contributed by atoms with Gasteiger partial charge in [-0.25, -0.2) is 14.2 Å². The van der Waals surface area contributed by atoms with Crippen molar-refractivity contribution in [3.8, 4) is 0 Å². The van der Waals surface area contributed by atoms with Crippen LogP contribution in [0.25, 0.3) is 0 Å². The molecular formula is C20H16N3O4S2+. The van der Waals surface area contributed by atoms with Crippen LogP contribution in [0.15, 0.2) is 87.0 Å². The molecule has 0 unspecified atom stereocenters. The van der Waals surface area contributed by atoms with Crippen LogP contribution in [0.3, 0.4) is 0 Å². The van der Waals surface area contributed by atoms with Gasteiger partial charge >= 0.3 is 11.9 Å². The summed E-state index contributed by atoms with van der Waals surface area (Å²) in [6.07, 6.45) is 3.67. The van der Waals surface area contributed by atoms with Crippen LogP contribution in [-0.2, 0) is 7.05 Å². The second kappa shape index (κ2) is 9.35. The predicted octanol–water partition coefficient (Wildman–Crippen LogP) is 5.12. The molecule has 0 aliphatic rings. The Bertz CT molecular complexity index is 1090. The molecule has 1 heterocycles. The van der Waals surface area contributed by atoms with Crippen LogP contribution in [0, 0.1) is 0 Å². The molecule has 3 rings (SSSR count). The van der Waals surface area contributed by atoms with Crippen molar-refractivity contribution in [2.24, 2.45) is 17.3 Å². The van der Waals surface area contributed by atoms with Gasteiger partial charge in [-0.15, -0.1) is 0 Å². The Morgan fingerprint density at radius 2 is 1.38 bits per heavy atom. The van der Waals surface area contributed by atoms with E-state index in [1.165, 1.54) is 33.7 Å². The Kier molecular flexibility index (Phi) is 6.63. The Morgan fingerprint density at radius 1 is 0.793 bits per heavy atom. The van der Waals surface area contributed by atoms with Gasteiger partial charge in [0.05, 0.1) is 22.5 Å². The molecule has 0 radical (unpaired) electrons. The van der Waals surface area contributed by atoms with Crippen LogP contribution >= 0.6 is 21.6 Å². The summed E-state index contributed by atoms with van der Waals surface area (Å²) in [7, 11) is 4.27. The number of rotatable bonds is 7. The van der Waals surface area contributed by atoms with Crippen LogP contribution in [0.2, 0.25) is 0 Å². The van der Waals surface area contributed by atoms with Crippen molar-refractivity contribution >= 4 is 44.9 Å². The van der Waals surface area contributed by atoms with Crippen LogP contribution in [0.1, 0.15) is 20.7 Å². The summed E-state index contributed by atoms with van der Waals surface area (Å²) < 4.78 is 1.87. The number of pyridine rings is 1. The van der Waals surface area contributed by atoms with E-state index >= 15 is 0 Å². The molecule has 146 valence electrons. The minimum absolute atomic E-state index is 0.0752. The number of hydrogen-bond acceptors (Lipinski definition) is 6. The van der Waals surface area contributed by atoms with E-state index in [2.05, 4.69) is 10.2 Å². The minimum atomic E-state index is -1.09. The van der Waals surface area contributed by atoms with Crippen molar-refractivity contribution in [2.75, 3.05) is 0 Å². The van der Waals surface area contributed by atoms with E-state index in [4.69, 9.17) is 0 Å². The highest BCUT2D eigenvalue weighted by Gasteiger charge is 2.15. The monoisotopic (exact) mass is 426 g/mol. The fourth-order valence-electron chi connectivity index (χ4n) is 2.30. The summed E-state index contributed by atoms with van der Waals surface area (Å²) in [5.41, 5.74) is 1.31. The van der Waals surface area contributed by atoms with Crippen LogP contribution in [0.5, 0.6) is 0 Å². The number of hydrogen-bond donors (Lipinski definition) is 2. The minimum Gasteiger partial charge on any atom is -0.478 e. The van der Waals surface area contributed by atoms with Crippen molar-refractivity contribution in [2.45, 2.75) is 9.79 Å². The molecule has 0 aliphatic carbocycles. The second-order valence-electron chi connectivity index (χ2n) is 5.88. The van der Waals surface area contributed by atoms with Gasteiger partial charge in [0, 0.05) is 21.9 Å². The molecule has 0 saturated carbocycles. The van der Waals surface area contributed by atoms with E-state index < -0.39 is 11.9 Å². The molecule has 2 aromatic carbocycles. The van der Waals surface area contributed by atoms with Gasteiger partial charge in [-0.2, -0.15) is 10.2 Å². The van der Waals surface area contributed by atoms with E-state index in [9.17, 15) is 19.8 Å². The van der Waals surface area contributed by atoms with Gasteiger partial charge in [-0.05, 0) is 30.3 Å². The Hall–Kier alpha value is -3.17. The summed E-state index contributed by atoms with van der Waals surface area (Å²) in [5, 5.41) is 27.0. The lowest BCUT2D eigenvalue weighted by atomic mass is 10.2. The number of benzene rings is 2. The fourth-order valence-corrected chi connectivity index (χ4v) is 4.63. The molecule has 0 amide bonds. The van der Waals surface area contributed by atoms with Crippen molar-refractivity contribution in [3.05, 3.63) is 78.1 Å². The number of nitrogens with zero attached hydrogens (tertiary/aromatic N) is 3. The third-order valence-corrected chi connectivity index (χ3v) is 6.26. The third kappa shape index (κ3) is 5.43. The topological polar surface area (TPSA) is 103 Å². The number of aromatic nitrogens is 1. The maximum atomic E-state index is 11.7. The molecule has 29 heavy (non-hydrogen) atoms. The highest BCUT2D eigenvalue weighted by molar-refractivity contribution is 8.76. The van der Waals surface area contributed by atoms with Crippen LogP contribution in [0.4, 0.5) is 11.4 Å². The molecule has 0 aliphatic heterocycles. The van der Waals surface area contributed by atoms with E-state index in [1.54, 1.807) is 42.5 Å². The SMILES string of the molecule is C[n+]1ccc(N=Nc2ccc(SSc3ccccc3C(=O)O)c(C(=O)O)c2)cc1. The summed E-state index contributed by atoms with van der Waals surface area (Å²) in [4.78, 5) is 24.0. The van der Waals surface area contributed by atoms with Crippen molar-refractivity contribution in [3.63, 3.8) is 0 Å². The highest BCUT2D eigenvalue weighted by atomic mass is 33.1. The Labute approximate surface area is 174 Å². The molecule has 2 N–H and O–H groups in total. The van der Waals surface area contributed by atoms with Crippen LogP contribution in [-0.4, -0.2) is 22.2 Å². The first kappa shape index (κ1) is 20.6. The lowest BCUT2D eigenvalue weighted by Gasteiger charge is -2.08. The van der Waals surface area contributed by atoms with E-state index in [0.29, 0.717) is 21.2 Å². The summed E-state index contributed by atoms with van der Waals surface area (Å²) in [6, 6.07) is 14.9. The molecule has 9 heteroatoms. The zero-order chi connectivity index (χ0) is 20.8. The van der Waals surface area contributed by atoms with Crippen molar-refractivity contribution in [1.82, 2.24) is 0 Å². The number of carboxylic acid groups (broad SMARTS) is 2. The molecule has 0 atom stereocenters. The molecule has 0 bridgehead atoms. The molecule has 7 nitrogen and oxygen atoms in total. The number of aryl methyl sites for hydroxylation is 1. The number of aromatic carboxylic acids is 2. The third-order valence-electron chi connectivity index (χ3n) is 3.77. The first-order valence-corrected chi connectivity index (χ1v) is 10.5. The van der Waals surface area contributed by atoms with Gasteiger partial charge in [-0.3, -0.25) is 0 Å². The summed E-state index contributed by atoms with van der Waals surface area (Å²) in [5.74, 6) is -2.12. The summed E-state index contributed by atoms with van der Waals surface area (Å²) in [6.45, 7) is 0. The fraction of sp³-hybridized carbons (Fsp3) is 0.0500. The first-order chi connectivity index (χ1) is 13.9. The van der Waals surface area contributed by atoms with Gasteiger partial charge in [0.15, 0.2) is 12.4 Å². The maximum Gasteiger partial charge on any atom is 0.336 e. The highest BCUT2D eigenvalue weighted by Crippen LogP contribution is 2.41. The van der Waals surface area contributed by atoms with Gasteiger partial charge in [-0.1, -0.05) is 33.7 Å². The maximum absolute atomic E-state index is 11.7. The Morgan fingerprint density at radius 3 is 2.03 bits per heavy atom. The van der Waals surface area contributed by atoms with Crippen molar-refractivity contribution < 1.29 is 24.4 Å². The summed E-state index contributed by atoms with van der Waals surface area (Å²) >= 11 is 0. The zero-order valence-electron chi connectivity index (χ0n) is 15.2. The Balaban J connectivity index is 1.80. The smallest absolute Gasteiger partial charge is 0.336 e. The number of carbonyl (C=O) groups is 2. The normalized spacial score (nSPS) is 10.9. The van der Waals surface area contributed by atoms with Gasteiger partial charge in [0.1, 0.15) is 7.05 Å². The van der Waals surface area contributed by atoms with E-state index in [1.807, 2.05) is 24.0 Å². The lowest BCUT2D eigenvalue weighted by molar-refractivity contribution is -0.671. The molecular weight excluding hydrogens is 410 g/mol. The molecule has 0 fully saturated rings. The van der Waals surface area contributed by atoms with Gasteiger partial charge in [0.25, 0.3) is 0 Å². The zero-order valence-corrected chi connectivity index (χ0v) is 16.9. The van der Waals surface area contributed by atoms with E-state index in [-0.39, 0.29) is 11.1 Å². The molecule has 1 aromatic heterocycles. The molecule has 0 saturated heterocycles. The lowest BCUT2D eigenvalue weighted by Crippen LogP contribution is -2.25. The van der Waals surface area contributed by atoms with E-state index in [0.717, 1.165) is 0 Å². The molecule has 0 spiro atoms. The largest absolute Gasteiger partial charge is 0.478 e. The number of azo groups is 1. The van der Waals surface area contributed by atoms with Gasteiger partial charge in [0.2, 0.25) is 0 Å². The average Bonchev–Trinajstić information content (AvgIpc) is 2.72. The van der Waals surface area contributed by atoms with Crippen molar-refractivity contribution in [1.29, 1.82) is 0 Å². The quantitative estimate of drug-likeness (QED) is 0.309. The first-order valence-electron chi connectivity index (χ1n) is 8.35. The molecule has 3 aromatic rings. The average molecular weight is 426 g/mol. The number of carboxylic acids is 2. The second-order valence-corrected chi connectivity index (χ2v) is 8.09. The standard InChI is InChI=1S/C20H15N3O4S2/c1-23-10-8-13(9-11-23)21-22-14-6-7-18(16(12-14)20(26)27)29-28-17-5-3-2-4-15(17)19(24)25/h2-12H,1H3,(H-,24,25,26,27)/p+1. The van der Waals surface area contributed by atoms with Crippen LogP contribution < -0.4 is 4.57 Å². The predicted molar refractivity (Wildman–Crippen MR) is 110 cm³/mol. The van der Waals surface area contributed by atoms with Gasteiger partial charge < -0.3 is 10.2 Å².